The van der Waals surface area contributed by atoms with E-state index < -0.39 is 5.60 Å². The zero-order chi connectivity index (χ0) is 21.3. The van der Waals surface area contributed by atoms with E-state index in [2.05, 4.69) is 15.2 Å². The largest absolute Gasteiger partial charge is 0.446 e. The lowest BCUT2D eigenvalue weighted by Gasteiger charge is -2.37. The van der Waals surface area contributed by atoms with Crippen LogP contribution in [0.1, 0.15) is 60.8 Å². The number of nitrogens with zero attached hydrogens (tertiary/aromatic N) is 5. The van der Waals surface area contributed by atoms with Gasteiger partial charge in [-0.1, -0.05) is 12.1 Å². The van der Waals surface area contributed by atoms with Crippen molar-refractivity contribution >= 4 is 5.91 Å². The van der Waals surface area contributed by atoms with Gasteiger partial charge in [0, 0.05) is 19.0 Å². The predicted molar refractivity (Wildman–Crippen MR) is 110 cm³/mol. The van der Waals surface area contributed by atoms with E-state index in [4.69, 9.17) is 4.42 Å². The van der Waals surface area contributed by atoms with Gasteiger partial charge in [0.2, 0.25) is 0 Å². The van der Waals surface area contributed by atoms with Crippen molar-refractivity contribution < 1.29 is 14.3 Å². The standard InChI is InChI=1S/C22H27N5O3/c1-15-20(22(2,3)29)25-19(30-15)11-14-26(16-7-6-8-16)21(28)17-9-4-5-10-18(17)27-23-12-13-24-27/h4-5,9-10,12-13,16,29H,6-8,11,14H2,1-3H3. The molecule has 1 amide bonds. The number of hydrogen-bond donors (Lipinski definition) is 1. The molecule has 2 heterocycles. The highest BCUT2D eigenvalue weighted by Gasteiger charge is 2.31. The lowest BCUT2D eigenvalue weighted by Crippen LogP contribution is -2.45. The molecule has 0 radical (unpaired) electrons. The van der Waals surface area contributed by atoms with Crippen LogP contribution in [0.4, 0.5) is 0 Å². The molecule has 1 fully saturated rings. The first-order valence-corrected chi connectivity index (χ1v) is 10.3. The van der Waals surface area contributed by atoms with Gasteiger partial charge in [-0.25, -0.2) is 4.98 Å². The van der Waals surface area contributed by atoms with Crippen molar-refractivity contribution in [2.45, 2.75) is 58.1 Å². The van der Waals surface area contributed by atoms with Gasteiger partial charge in [0.05, 0.1) is 23.6 Å². The topological polar surface area (TPSA) is 97.3 Å². The fraction of sp³-hybridized carbons (Fsp3) is 0.455. The van der Waals surface area contributed by atoms with Crippen molar-refractivity contribution in [1.82, 2.24) is 24.9 Å². The maximum atomic E-state index is 13.5. The van der Waals surface area contributed by atoms with Crippen LogP contribution in [0.2, 0.25) is 0 Å². The Bertz CT molecular complexity index is 1020. The molecule has 0 saturated heterocycles. The Morgan fingerprint density at radius 2 is 1.97 bits per heavy atom. The molecule has 3 aromatic rings. The summed E-state index contributed by atoms with van der Waals surface area (Å²) in [5.74, 6) is 1.09. The average molecular weight is 409 g/mol. The van der Waals surface area contributed by atoms with Crippen LogP contribution in [0.25, 0.3) is 5.69 Å². The number of amides is 1. The van der Waals surface area contributed by atoms with E-state index in [1.54, 1.807) is 33.2 Å². The van der Waals surface area contributed by atoms with Crippen molar-refractivity contribution in [3.05, 3.63) is 59.6 Å². The number of benzene rings is 1. The van der Waals surface area contributed by atoms with E-state index >= 15 is 0 Å². The SMILES string of the molecule is Cc1oc(CCN(C(=O)c2ccccc2-n2nccn2)C2CCC2)nc1C(C)(C)O. The molecule has 1 aliphatic rings. The molecule has 30 heavy (non-hydrogen) atoms. The van der Waals surface area contributed by atoms with Crippen LogP contribution in [0.15, 0.2) is 41.1 Å². The number of carbonyl (C=O) groups excluding carboxylic acids is 1. The summed E-state index contributed by atoms with van der Waals surface area (Å²) in [6.45, 7) is 5.67. The van der Waals surface area contributed by atoms with Crippen LogP contribution in [0.3, 0.4) is 0 Å². The highest BCUT2D eigenvalue weighted by molar-refractivity contribution is 5.98. The Morgan fingerprint density at radius 3 is 2.57 bits per heavy atom. The smallest absolute Gasteiger partial charge is 0.256 e. The first-order valence-electron chi connectivity index (χ1n) is 10.3. The minimum absolute atomic E-state index is 0.0430. The molecule has 1 aromatic carbocycles. The number of oxazole rings is 1. The van der Waals surface area contributed by atoms with Gasteiger partial charge in [-0.2, -0.15) is 15.0 Å². The first kappa shape index (κ1) is 20.3. The molecule has 0 aliphatic heterocycles. The van der Waals surface area contributed by atoms with E-state index in [9.17, 15) is 9.90 Å². The fourth-order valence-electron chi connectivity index (χ4n) is 3.81. The molecule has 1 aliphatic carbocycles. The second kappa shape index (κ2) is 8.02. The minimum atomic E-state index is -1.06. The molecule has 0 spiro atoms. The molecule has 1 N–H and O–H groups in total. The van der Waals surface area contributed by atoms with Gasteiger partial charge in [-0.05, 0) is 52.2 Å². The second-order valence-corrected chi connectivity index (χ2v) is 8.24. The molecule has 0 atom stereocenters. The average Bonchev–Trinajstić information content (AvgIpc) is 3.32. The summed E-state index contributed by atoms with van der Waals surface area (Å²) < 4.78 is 5.76. The van der Waals surface area contributed by atoms with Crippen molar-refractivity contribution in [3.63, 3.8) is 0 Å². The van der Waals surface area contributed by atoms with Gasteiger partial charge in [0.1, 0.15) is 17.1 Å². The highest BCUT2D eigenvalue weighted by atomic mass is 16.4. The molecule has 158 valence electrons. The van der Waals surface area contributed by atoms with Crippen LogP contribution in [-0.2, 0) is 12.0 Å². The molecular weight excluding hydrogens is 382 g/mol. The Hall–Kier alpha value is -3.00. The Balaban J connectivity index is 1.57. The van der Waals surface area contributed by atoms with Gasteiger partial charge >= 0.3 is 0 Å². The fourth-order valence-corrected chi connectivity index (χ4v) is 3.81. The Kier molecular flexibility index (Phi) is 5.42. The van der Waals surface area contributed by atoms with E-state index in [1.807, 2.05) is 29.2 Å². The summed E-state index contributed by atoms with van der Waals surface area (Å²) in [6.07, 6.45) is 6.78. The van der Waals surface area contributed by atoms with Gasteiger partial charge in [-0.15, -0.1) is 0 Å². The van der Waals surface area contributed by atoms with Crippen LogP contribution in [0, 0.1) is 6.92 Å². The quantitative estimate of drug-likeness (QED) is 0.644. The molecule has 0 bridgehead atoms. The lowest BCUT2D eigenvalue weighted by molar-refractivity contribution is 0.0577. The summed E-state index contributed by atoms with van der Waals surface area (Å²) in [5.41, 5.74) is 0.703. The van der Waals surface area contributed by atoms with Crippen LogP contribution in [0.5, 0.6) is 0 Å². The van der Waals surface area contributed by atoms with Gasteiger partial charge in [-0.3, -0.25) is 4.79 Å². The number of rotatable bonds is 7. The van der Waals surface area contributed by atoms with E-state index in [0.717, 1.165) is 19.3 Å². The third kappa shape index (κ3) is 4.00. The Morgan fingerprint density at radius 1 is 1.27 bits per heavy atom. The molecule has 2 aromatic heterocycles. The Labute approximate surface area is 175 Å². The summed E-state index contributed by atoms with van der Waals surface area (Å²) in [5, 5.41) is 18.6. The molecule has 8 heteroatoms. The van der Waals surface area contributed by atoms with Crippen LogP contribution < -0.4 is 0 Å². The number of hydrogen-bond acceptors (Lipinski definition) is 6. The first-order chi connectivity index (χ1) is 14.3. The van der Waals surface area contributed by atoms with E-state index in [-0.39, 0.29) is 11.9 Å². The normalized spacial score (nSPS) is 14.5. The molecular formula is C22H27N5O3. The number of aryl methyl sites for hydroxylation is 1. The van der Waals surface area contributed by atoms with Crippen molar-refractivity contribution in [2.75, 3.05) is 6.54 Å². The summed E-state index contributed by atoms with van der Waals surface area (Å²) >= 11 is 0. The zero-order valence-electron chi connectivity index (χ0n) is 17.6. The van der Waals surface area contributed by atoms with Crippen LogP contribution in [-0.4, -0.2) is 48.5 Å². The van der Waals surface area contributed by atoms with Gasteiger partial charge in [0.25, 0.3) is 5.91 Å². The third-order valence-corrected chi connectivity index (χ3v) is 5.53. The summed E-state index contributed by atoms with van der Waals surface area (Å²) in [7, 11) is 0. The monoisotopic (exact) mass is 409 g/mol. The van der Waals surface area contributed by atoms with Crippen LogP contribution >= 0.6 is 0 Å². The number of para-hydroxylation sites is 1. The van der Waals surface area contributed by atoms with E-state index in [0.29, 0.717) is 41.6 Å². The predicted octanol–water partition coefficient (Wildman–Crippen LogP) is 3.03. The van der Waals surface area contributed by atoms with E-state index in [1.165, 1.54) is 4.80 Å². The number of aliphatic hydroxyl groups is 1. The molecule has 8 nitrogen and oxygen atoms in total. The highest BCUT2D eigenvalue weighted by Crippen LogP contribution is 2.28. The van der Waals surface area contributed by atoms with Crippen molar-refractivity contribution in [1.29, 1.82) is 0 Å². The lowest BCUT2D eigenvalue weighted by atomic mass is 9.90. The molecule has 0 unspecified atom stereocenters. The maximum Gasteiger partial charge on any atom is 0.256 e. The number of aromatic nitrogens is 4. The van der Waals surface area contributed by atoms with Crippen molar-refractivity contribution in [2.24, 2.45) is 0 Å². The second-order valence-electron chi connectivity index (χ2n) is 8.24. The van der Waals surface area contributed by atoms with Gasteiger partial charge < -0.3 is 14.4 Å². The molecule has 1 saturated carbocycles. The molecule has 4 rings (SSSR count). The van der Waals surface area contributed by atoms with Crippen molar-refractivity contribution in [3.8, 4) is 5.69 Å². The third-order valence-electron chi connectivity index (χ3n) is 5.53. The van der Waals surface area contributed by atoms with Gasteiger partial charge in [0.15, 0.2) is 5.89 Å². The summed E-state index contributed by atoms with van der Waals surface area (Å²) in [6, 6.07) is 7.59. The summed E-state index contributed by atoms with van der Waals surface area (Å²) in [4.78, 5) is 21.4. The zero-order valence-corrected chi connectivity index (χ0v) is 17.6. The minimum Gasteiger partial charge on any atom is -0.446 e. The number of carbonyl (C=O) groups is 1. The maximum absolute atomic E-state index is 13.5.